The molecular formula is C16H31NO5. The van der Waals surface area contributed by atoms with E-state index in [0.717, 1.165) is 6.42 Å². The molecule has 0 aliphatic carbocycles. The highest BCUT2D eigenvalue weighted by Crippen LogP contribution is 2.09. The van der Waals surface area contributed by atoms with E-state index in [-0.39, 0.29) is 18.7 Å². The zero-order chi connectivity index (χ0) is 17.4. The summed E-state index contributed by atoms with van der Waals surface area (Å²) in [4.78, 5) is 23.1. The summed E-state index contributed by atoms with van der Waals surface area (Å²) < 4.78 is 15.8. The van der Waals surface area contributed by atoms with E-state index in [1.807, 2.05) is 48.5 Å². The zero-order valence-electron chi connectivity index (χ0n) is 14.9. The number of alkyl carbamates (subject to hydrolysis) is 1. The Labute approximate surface area is 133 Å². The molecule has 0 saturated carbocycles. The molecule has 0 aromatic heterocycles. The second-order valence-electron chi connectivity index (χ2n) is 7.15. The van der Waals surface area contributed by atoms with Crippen LogP contribution in [0.3, 0.4) is 0 Å². The van der Waals surface area contributed by atoms with Crippen molar-refractivity contribution < 1.29 is 23.8 Å². The van der Waals surface area contributed by atoms with Crippen LogP contribution in [-0.4, -0.2) is 42.5 Å². The van der Waals surface area contributed by atoms with E-state index >= 15 is 0 Å². The smallest absolute Gasteiger partial charge is 0.407 e. The molecule has 0 rings (SSSR count). The van der Waals surface area contributed by atoms with Gasteiger partial charge < -0.3 is 19.5 Å². The summed E-state index contributed by atoms with van der Waals surface area (Å²) in [5, 5.41) is 2.67. The first kappa shape index (κ1) is 20.7. The van der Waals surface area contributed by atoms with Gasteiger partial charge in [0.25, 0.3) is 0 Å². The fourth-order valence-corrected chi connectivity index (χ4v) is 1.61. The minimum atomic E-state index is -0.513. The first-order valence-corrected chi connectivity index (χ1v) is 7.73. The second-order valence-corrected chi connectivity index (χ2v) is 7.15. The van der Waals surface area contributed by atoms with Crippen LogP contribution >= 0.6 is 0 Å². The number of nitrogens with one attached hydrogen (secondary N) is 1. The molecule has 0 aromatic rings. The van der Waals surface area contributed by atoms with Crippen LogP contribution in [0.25, 0.3) is 0 Å². The van der Waals surface area contributed by atoms with E-state index in [4.69, 9.17) is 14.2 Å². The van der Waals surface area contributed by atoms with E-state index in [2.05, 4.69) is 5.32 Å². The van der Waals surface area contributed by atoms with Crippen molar-refractivity contribution >= 4 is 12.1 Å². The summed E-state index contributed by atoms with van der Waals surface area (Å²) >= 11 is 0. The first-order valence-electron chi connectivity index (χ1n) is 7.73. The van der Waals surface area contributed by atoms with Gasteiger partial charge in [0, 0.05) is 6.54 Å². The van der Waals surface area contributed by atoms with Gasteiger partial charge >= 0.3 is 12.1 Å². The Hall–Kier alpha value is -1.30. The molecule has 0 radical (unpaired) electrons. The molecule has 1 amide bonds. The van der Waals surface area contributed by atoms with Crippen LogP contribution in [0, 0.1) is 0 Å². The maximum atomic E-state index is 11.6. The fourth-order valence-electron chi connectivity index (χ4n) is 1.61. The molecule has 22 heavy (non-hydrogen) atoms. The van der Waals surface area contributed by atoms with Gasteiger partial charge in [0.1, 0.15) is 17.8 Å². The number of ether oxygens (including phenoxy) is 3. The highest BCUT2D eigenvalue weighted by Gasteiger charge is 2.19. The van der Waals surface area contributed by atoms with Gasteiger partial charge in [-0.05, 0) is 54.4 Å². The molecule has 0 aliphatic rings. The molecule has 1 unspecified atom stereocenters. The zero-order valence-corrected chi connectivity index (χ0v) is 14.9. The Bertz CT molecular complexity index is 355. The van der Waals surface area contributed by atoms with Crippen LogP contribution in [0.15, 0.2) is 0 Å². The van der Waals surface area contributed by atoms with Crippen LogP contribution in [0.2, 0.25) is 0 Å². The van der Waals surface area contributed by atoms with E-state index in [1.54, 1.807) is 0 Å². The highest BCUT2D eigenvalue weighted by molar-refractivity contribution is 5.71. The monoisotopic (exact) mass is 317 g/mol. The van der Waals surface area contributed by atoms with Crippen molar-refractivity contribution in [2.24, 2.45) is 0 Å². The summed E-state index contributed by atoms with van der Waals surface area (Å²) in [6.07, 6.45) is 0.800. The van der Waals surface area contributed by atoms with Gasteiger partial charge in [0.2, 0.25) is 0 Å². The van der Waals surface area contributed by atoms with Gasteiger partial charge in [-0.25, -0.2) is 9.59 Å². The largest absolute Gasteiger partial charge is 0.458 e. The SMILES string of the molecule is CCC(CCNC(=O)OC(C)(C)C)OCC(=O)OC(C)(C)C. The number of rotatable bonds is 7. The molecule has 130 valence electrons. The predicted octanol–water partition coefficient (Wildman–Crippen LogP) is 3.04. The number of carbonyl (C=O) groups is 2. The second kappa shape index (κ2) is 8.98. The highest BCUT2D eigenvalue weighted by atomic mass is 16.6. The first-order chi connectivity index (χ1) is 9.93. The van der Waals surface area contributed by atoms with E-state index in [1.165, 1.54) is 0 Å². The molecule has 1 atom stereocenters. The van der Waals surface area contributed by atoms with Crippen molar-refractivity contribution in [2.45, 2.75) is 78.6 Å². The molecule has 0 aliphatic heterocycles. The molecular weight excluding hydrogens is 286 g/mol. The van der Waals surface area contributed by atoms with Gasteiger partial charge in [-0.2, -0.15) is 0 Å². The van der Waals surface area contributed by atoms with Crippen LogP contribution < -0.4 is 5.32 Å². The summed E-state index contributed by atoms with van der Waals surface area (Å²) in [6.45, 7) is 13.2. The lowest BCUT2D eigenvalue weighted by atomic mass is 10.2. The fraction of sp³-hybridized carbons (Fsp3) is 0.875. The molecule has 0 spiro atoms. The molecule has 0 aromatic carbocycles. The number of carbonyl (C=O) groups excluding carboxylic acids is 2. The average Bonchev–Trinajstić information content (AvgIpc) is 2.28. The molecule has 0 saturated heterocycles. The third-order valence-electron chi connectivity index (χ3n) is 2.45. The van der Waals surface area contributed by atoms with E-state index < -0.39 is 17.3 Å². The Morgan fingerprint density at radius 2 is 1.55 bits per heavy atom. The number of amides is 1. The predicted molar refractivity (Wildman–Crippen MR) is 84.7 cm³/mol. The topological polar surface area (TPSA) is 73.9 Å². The lowest BCUT2D eigenvalue weighted by Crippen LogP contribution is -2.34. The lowest BCUT2D eigenvalue weighted by molar-refractivity contribution is -0.162. The molecule has 0 bridgehead atoms. The lowest BCUT2D eigenvalue weighted by Gasteiger charge is -2.22. The third-order valence-corrected chi connectivity index (χ3v) is 2.45. The van der Waals surface area contributed by atoms with Crippen molar-refractivity contribution in [2.75, 3.05) is 13.2 Å². The van der Waals surface area contributed by atoms with Crippen molar-refractivity contribution in [1.82, 2.24) is 5.32 Å². The molecule has 6 heteroatoms. The summed E-state index contributed by atoms with van der Waals surface area (Å²) in [6, 6.07) is 0. The Morgan fingerprint density at radius 1 is 1.00 bits per heavy atom. The minimum absolute atomic E-state index is 0.0811. The Balaban J connectivity index is 3.98. The summed E-state index contributed by atoms with van der Waals surface area (Å²) in [7, 11) is 0. The number of hydrogen-bond acceptors (Lipinski definition) is 5. The van der Waals surface area contributed by atoms with Crippen molar-refractivity contribution in [3.8, 4) is 0 Å². The van der Waals surface area contributed by atoms with Crippen molar-refractivity contribution in [3.05, 3.63) is 0 Å². The standard InChI is InChI=1S/C16H31NO5/c1-8-12(20-11-13(18)21-15(2,3)4)9-10-17-14(19)22-16(5,6)7/h12H,8-11H2,1-7H3,(H,17,19). The summed E-state index contributed by atoms with van der Waals surface area (Å²) in [5.74, 6) is -0.383. The van der Waals surface area contributed by atoms with Crippen LogP contribution in [0.4, 0.5) is 4.79 Å². The van der Waals surface area contributed by atoms with Crippen molar-refractivity contribution in [3.63, 3.8) is 0 Å². The maximum absolute atomic E-state index is 11.6. The van der Waals surface area contributed by atoms with Crippen LogP contribution in [0.5, 0.6) is 0 Å². The van der Waals surface area contributed by atoms with Crippen molar-refractivity contribution in [1.29, 1.82) is 0 Å². The van der Waals surface area contributed by atoms with Gasteiger partial charge in [-0.1, -0.05) is 6.92 Å². The molecule has 0 heterocycles. The molecule has 0 fully saturated rings. The summed E-state index contributed by atoms with van der Waals surface area (Å²) in [5.41, 5.74) is -1.03. The van der Waals surface area contributed by atoms with Gasteiger partial charge in [0.05, 0.1) is 6.10 Å². The Kier molecular flexibility index (Phi) is 8.45. The van der Waals surface area contributed by atoms with Crippen LogP contribution in [-0.2, 0) is 19.0 Å². The third kappa shape index (κ3) is 12.4. The van der Waals surface area contributed by atoms with E-state index in [0.29, 0.717) is 13.0 Å². The van der Waals surface area contributed by atoms with E-state index in [9.17, 15) is 9.59 Å². The normalized spacial score (nSPS) is 13.4. The van der Waals surface area contributed by atoms with Gasteiger partial charge in [0.15, 0.2) is 0 Å². The number of esters is 1. The average molecular weight is 317 g/mol. The quantitative estimate of drug-likeness (QED) is 0.731. The van der Waals surface area contributed by atoms with Crippen LogP contribution in [0.1, 0.15) is 61.3 Å². The van der Waals surface area contributed by atoms with Gasteiger partial charge in [-0.15, -0.1) is 0 Å². The number of hydrogen-bond donors (Lipinski definition) is 1. The molecule has 1 N–H and O–H groups in total. The maximum Gasteiger partial charge on any atom is 0.407 e. The molecule has 6 nitrogen and oxygen atoms in total. The van der Waals surface area contributed by atoms with Gasteiger partial charge in [-0.3, -0.25) is 0 Å². The minimum Gasteiger partial charge on any atom is -0.458 e. The Morgan fingerprint density at radius 3 is 2.00 bits per heavy atom.